The molecule has 0 saturated heterocycles. The van der Waals surface area contributed by atoms with Crippen molar-refractivity contribution in [1.29, 1.82) is 0 Å². The first-order valence-electron chi connectivity index (χ1n) is 3.97. The average Bonchev–Trinajstić information content (AvgIpc) is 2.16. The highest BCUT2D eigenvalue weighted by Gasteiger charge is 2.35. The Bertz CT molecular complexity index is 388. The lowest BCUT2D eigenvalue weighted by Crippen LogP contribution is -2.07. The van der Waals surface area contributed by atoms with Crippen molar-refractivity contribution in [3.63, 3.8) is 0 Å². The zero-order valence-corrected chi connectivity index (χ0v) is 7.72. The summed E-state index contributed by atoms with van der Waals surface area (Å²) in [5, 5.41) is 11.6. The molecule has 0 amide bonds. The van der Waals surface area contributed by atoms with E-state index in [0.717, 1.165) is 6.07 Å². The van der Waals surface area contributed by atoms with Gasteiger partial charge in [0.05, 0.1) is 5.69 Å². The highest BCUT2D eigenvalue weighted by atomic mass is 19.4. The van der Waals surface area contributed by atoms with E-state index in [-0.39, 0.29) is 17.5 Å². The molecule has 15 heavy (non-hydrogen) atoms. The maximum absolute atomic E-state index is 12.4. The molecular weight excluding hydrogens is 211 g/mol. The van der Waals surface area contributed by atoms with E-state index in [4.69, 9.17) is 0 Å². The van der Waals surface area contributed by atoms with Gasteiger partial charge in [-0.15, -0.1) is 0 Å². The molecule has 0 spiro atoms. The van der Waals surface area contributed by atoms with Crippen molar-refractivity contribution in [3.8, 4) is 5.75 Å². The van der Waals surface area contributed by atoms with E-state index >= 15 is 0 Å². The molecule has 0 fully saturated rings. The van der Waals surface area contributed by atoms with Crippen molar-refractivity contribution in [2.75, 3.05) is 12.4 Å². The topological polar surface area (TPSA) is 49.3 Å². The monoisotopic (exact) mass is 219 g/mol. The fraction of sp³-hybridized carbons (Fsp3) is 0.222. The van der Waals surface area contributed by atoms with Gasteiger partial charge in [0.2, 0.25) is 0 Å². The van der Waals surface area contributed by atoms with E-state index in [1.54, 1.807) is 0 Å². The summed E-state index contributed by atoms with van der Waals surface area (Å²) < 4.78 is 37.1. The third-order valence-electron chi connectivity index (χ3n) is 1.84. The molecular formula is C9H8F3NO2. The van der Waals surface area contributed by atoms with Crippen LogP contribution < -0.4 is 5.32 Å². The Labute approximate surface area is 83.5 Å². The number of carbonyl (C=O) groups excluding carboxylic acids is 1. The van der Waals surface area contributed by atoms with Crippen LogP contribution in [0.4, 0.5) is 18.9 Å². The maximum atomic E-state index is 12.4. The number of hydrogen-bond donors (Lipinski definition) is 2. The van der Waals surface area contributed by atoms with Crippen molar-refractivity contribution >= 4 is 12.0 Å². The molecule has 0 bridgehead atoms. The van der Waals surface area contributed by atoms with Crippen molar-refractivity contribution in [1.82, 2.24) is 0 Å². The molecule has 3 nitrogen and oxygen atoms in total. The van der Waals surface area contributed by atoms with Gasteiger partial charge in [0, 0.05) is 12.6 Å². The molecule has 0 aliphatic carbocycles. The van der Waals surface area contributed by atoms with Crippen molar-refractivity contribution in [2.45, 2.75) is 6.18 Å². The molecule has 2 N–H and O–H groups in total. The fourth-order valence-corrected chi connectivity index (χ4v) is 1.13. The van der Waals surface area contributed by atoms with Gasteiger partial charge >= 0.3 is 6.18 Å². The van der Waals surface area contributed by atoms with Crippen LogP contribution in [0.5, 0.6) is 5.75 Å². The van der Waals surface area contributed by atoms with Gasteiger partial charge in [0.1, 0.15) is 11.8 Å². The molecule has 0 atom stereocenters. The summed E-state index contributed by atoms with van der Waals surface area (Å²) in [6.07, 6.45) is -4.40. The zero-order valence-electron chi connectivity index (χ0n) is 7.72. The first-order chi connectivity index (χ1) is 6.90. The predicted molar refractivity (Wildman–Crippen MR) is 48.0 cm³/mol. The van der Waals surface area contributed by atoms with Crippen LogP contribution in [0.15, 0.2) is 12.1 Å². The van der Waals surface area contributed by atoms with Crippen LogP contribution in [-0.2, 0) is 6.18 Å². The molecule has 1 aromatic rings. The largest absolute Gasteiger partial charge is 0.505 e. The number of benzene rings is 1. The molecule has 0 aromatic heterocycles. The number of alkyl halides is 3. The van der Waals surface area contributed by atoms with Crippen LogP contribution >= 0.6 is 0 Å². The number of rotatable bonds is 2. The van der Waals surface area contributed by atoms with Gasteiger partial charge in [-0.3, -0.25) is 4.79 Å². The smallest absolute Gasteiger partial charge is 0.420 e. The van der Waals surface area contributed by atoms with Gasteiger partial charge in [0.15, 0.2) is 5.75 Å². The number of phenolic OH excluding ortho intramolecular Hbond substituents is 1. The minimum absolute atomic E-state index is 0.132. The summed E-state index contributed by atoms with van der Waals surface area (Å²) in [5.41, 5.74) is -1.51. The SMILES string of the molecule is CNc1cc(C=O)cc(C(F)(F)F)c1O. The zero-order chi connectivity index (χ0) is 11.6. The number of carbonyl (C=O) groups is 1. The number of halogens is 3. The van der Waals surface area contributed by atoms with Crippen molar-refractivity contribution < 1.29 is 23.1 Å². The molecule has 0 unspecified atom stereocenters. The van der Waals surface area contributed by atoms with E-state index in [1.165, 1.54) is 7.05 Å². The Morgan fingerprint density at radius 2 is 2.00 bits per heavy atom. The number of nitrogens with one attached hydrogen (secondary N) is 1. The van der Waals surface area contributed by atoms with E-state index < -0.39 is 17.5 Å². The number of aromatic hydroxyl groups is 1. The Morgan fingerprint density at radius 1 is 1.40 bits per heavy atom. The van der Waals surface area contributed by atoms with Crippen LogP contribution in [0.25, 0.3) is 0 Å². The minimum Gasteiger partial charge on any atom is -0.505 e. The standard InChI is InChI=1S/C9H8F3NO2/c1-13-7-3-5(4-14)2-6(8(7)15)9(10,11)12/h2-4,13,15H,1H3. The van der Waals surface area contributed by atoms with Gasteiger partial charge in [-0.25, -0.2) is 0 Å². The number of phenols is 1. The van der Waals surface area contributed by atoms with Gasteiger partial charge < -0.3 is 10.4 Å². The van der Waals surface area contributed by atoms with Crippen LogP contribution in [0.1, 0.15) is 15.9 Å². The summed E-state index contributed by atoms with van der Waals surface area (Å²) in [7, 11) is 1.35. The molecule has 0 aliphatic heterocycles. The molecule has 0 heterocycles. The first-order valence-corrected chi connectivity index (χ1v) is 3.97. The second-order valence-corrected chi connectivity index (χ2v) is 2.83. The minimum atomic E-state index is -4.69. The van der Waals surface area contributed by atoms with Crippen molar-refractivity contribution in [3.05, 3.63) is 23.3 Å². The van der Waals surface area contributed by atoms with Crippen LogP contribution in [0, 0.1) is 0 Å². The van der Waals surface area contributed by atoms with Crippen LogP contribution in [-0.4, -0.2) is 18.4 Å². The second kappa shape index (κ2) is 3.80. The fourth-order valence-electron chi connectivity index (χ4n) is 1.13. The van der Waals surface area contributed by atoms with E-state index in [1.807, 2.05) is 0 Å². The van der Waals surface area contributed by atoms with E-state index in [2.05, 4.69) is 5.32 Å². The van der Waals surface area contributed by atoms with Crippen LogP contribution in [0.2, 0.25) is 0 Å². The highest BCUT2D eigenvalue weighted by Crippen LogP contribution is 2.40. The van der Waals surface area contributed by atoms with E-state index in [0.29, 0.717) is 6.07 Å². The average molecular weight is 219 g/mol. The third kappa shape index (κ3) is 2.20. The number of hydrogen-bond acceptors (Lipinski definition) is 3. The third-order valence-corrected chi connectivity index (χ3v) is 1.84. The highest BCUT2D eigenvalue weighted by molar-refractivity contribution is 5.80. The molecule has 1 rings (SSSR count). The van der Waals surface area contributed by atoms with Gasteiger partial charge in [-0.1, -0.05) is 0 Å². The Hall–Kier alpha value is -1.72. The maximum Gasteiger partial charge on any atom is 0.420 e. The van der Waals surface area contributed by atoms with Gasteiger partial charge in [0.25, 0.3) is 0 Å². The summed E-state index contributed by atoms with van der Waals surface area (Å²) in [4.78, 5) is 10.4. The Kier molecular flexibility index (Phi) is 2.88. The molecule has 0 radical (unpaired) electrons. The van der Waals surface area contributed by atoms with Crippen molar-refractivity contribution in [2.24, 2.45) is 0 Å². The summed E-state index contributed by atoms with van der Waals surface area (Å²) in [5.74, 6) is -0.907. The van der Waals surface area contributed by atoms with Gasteiger partial charge in [-0.2, -0.15) is 13.2 Å². The lowest BCUT2D eigenvalue weighted by atomic mass is 10.1. The molecule has 0 saturated carbocycles. The summed E-state index contributed by atoms with van der Waals surface area (Å²) >= 11 is 0. The lowest BCUT2D eigenvalue weighted by molar-refractivity contribution is -0.138. The Morgan fingerprint density at radius 3 is 2.40 bits per heavy atom. The summed E-state index contributed by atoms with van der Waals surface area (Å²) in [6.45, 7) is 0. The quantitative estimate of drug-likeness (QED) is 0.592. The predicted octanol–water partition coefficient (Wildman–Crippen LogP) is 2.27. The Balaban J connectivity index is 3.44. The normalized spacial score (nSPS) is 11.2. The summed E-state index contributed by atoms with van der Waals surface area (Å²) in [6, 6.07) is 1.74. The van der Waals surface area contributed by atoms with Gasteiger partial charge in [-0.05, 0) is 12.1 Å². The molecule has 0 aliphatic rings. The molecule has 82 valence electrons. The molecule has 1 aromatic carbocycles. The first kappa shape index (κ1) is 11.4. The number of aldehydes is 1. The number of anilines is 1. The lowest BCUT2D eigenvalue weighted by Gasteiger charge is -2.12. The second-order valence-electron chi connectivity index (χ2n) is 2.83. The molecule has 6 heteroatoms. The van der Waals surface area contributed by atoms with Crippen LogP contribution in [0.3, 0.4) is 0 Å². The van der Waals surface area contributed by atoms with E-state index in [9.17, 15) is 23.1 Å².